The molecule has 1 atom stereocenters. The van der Waals surface area contributed by atoms with Crippen LogP contribution in [0.15, 0.2) is 24.4 Å². The lowest BCUT2D eigenvalue weighted by molar-refractivity contribution is 0.495. The van der Waals surface area contributed by atoms with Crippen LogP contribution in [0.4, 0.5) is 8.78 Å². The Morgan fingerprint density at radius 2 is 2.13 bits per heavy atom. The molecule has 2 rings (SSSR count). The number of benzene rings is 1. The van der Waals surface area contributed by atoms with Crippen LogP contribution in [0.25, 0.3) is 0 Å². The summed E-state index contributed by atoms with van der Waals surface area (Å²) in [6, 6.07) is 3.20. The number of hydrogen-bond donors (Lipinski definition) is 1. The van der Waals surface area contributed by atoms with E-state index in [-0.39, 0.29) is 5.56 Å². The molecular formula is C9H7F2N3S. The molecule has 0 radical (unpaired) electrons. The number of hydrogen-bond acceptors (Lipinski definition) is 4. The summed E-state index contributed by atoms with van der Waals surface area (Å²) in [5.74, 6) is -1.82. The maximum absolute atomic E-state index is 13.4. The van der Waals surface area contributed by atoms with Crippen LogP contribution in [0.3, 0.4) is 0 Å². The second kappa shape index (κ2) is 4.00. The van der Waals surface area contributed by atoms with Crippen LogP contribution >= 0.6 is 11.5 Å². The zero-order valence-electron chi connectivity index (χ0n) is 7.52. The summed E-state index contributed by atoms with van der Waals surface area (Å²) >= 11 is 1.07. The second-order valence-corrected chi connectivity index (χ2v) is 3.76. The fourth-order valence-corrected chi connectivity index (χ4v) is 1.75. The first kappa shape index (κ1) is 10.1. The molecule has 1 heterocycles. The Hall–Kier alpha value is -1.40. The third kappa shape index (κ3) is 1.86. The smallest absolute Gasteiger partial charge is 0.163 e. The molecule has 1 unspecified atom stereocenters. The Kier molecular flexibility index (Phi) is 2.70. The topological polar surface area (TPSA) is 51.8 Å². The molecular weight excluding hydrogens is 220 g/mol. The van der Waals surface area contributed by atoms with E-state index >= 15 is 0 Å². The predicted octanol–water partition coefficient (Wildman–Crippen LogP) is 1.86. The fourth-order valence-electron chi connectivity index (χ4n) is 1.23. The van der Waals surface area contributed by atoms with Crippen molar-refractivity contribution in [3.63, 3.8) is 0 Å². The van der Waals surface area contributed by atoms with E-state index in [1.807, 2.05) is 0 Å². The van der Waals surface area contributed by atoms with Gasteiger partial charge in [-0.25, -0.2) is 8.78 Å². The first-order chi connectivity index (χ1) is 7.20. The highest BCUT2D eigenvalue weighted by Crippen LogP contribution is 2.24. The Labute approximate surface area is 88.7 Å². The Morgan fingerprint density at radius 3 is 2.80 bits per heavy atom. The summed E-state index contributed by atoms with van der Waals surface area (Å²) in [5, 5.41) is 3.59. The molecule has 0 fully saturated rings. The highest BCUT2D eigenvalue weighted by atomic mass is 32.1. The van der Waals surface area contributed by atoms with Crippen molar-refractivity contribution in [1.82, 2.24) is 9.59 Å². The number of halogens is 2. The van der Waals surface area contributed by atoms with E-state index in [1.54, 1.807) is 0 Å². The minimum atomic E-state index is -0.918. The molecule has 6 heteroatoms. The van der Waals surface area contributed by atoms with Crippen molar-refractivity contribution >= 4 is 11.5 Å². The zero-order valence-corrected chi connectivity index (χ0v) is 8.34. The standard InChI is InChI=1S/C9H7F2N3S/c10-6-3-1-2-5(8(6)11)9(12)7-4-13-14-15-7/h1-4,9H,12H2. The van der Waals surface area contributed by atoms with Gasteiger partial charge in [-0.2, -0.15) is 0 Å². The molecule has 0 bridgehead atoms. The van der Waals surface area contributed by atoms with Gasteiger partial charge in [0.15, 0.2) is 11.6 Å². The summed E-state index contributed by atoms with van der Waals surface area (Å²) in [4.78, 5) is 0.597. The lowest BCUT2D eigenvalue weighted by Crippen LogP contribution is -2.13. The van der Waals surface area contributed by atoms with Crippen LogP contribution in [-0.2, 0) is 0 Å². The van der Waals surface area contributed by atoms with Crippen molar-refractivity contribution in [3.8, 4) is 0 Å². The van der Waals surface area contributed by atoms with Crippen LogP contribution < -0.4 is 5.73 Å². The molecule has 0 saturated carbocycles. The van der Waals surface area contributed by atoms with Gasteiger partial charge in [0.2, 0.25) is 0 Å². The third-order valence-electron chi connectivity index (χ3n) is 2.00. The molecule has 15 heavy (non-hydrogen) atoms. The molecule has 0 aliphatic heterocycles. The van der Waals surface area contributed by atoms with Crippen LogP contribution in [-0.4, -0.2) is 9.59 Å². The molecule has 2 aromatic rings. The van der Waals surface area contributed by atoms with Crippen molar-refractivity contribution < 1.29 is 8.78 Å². The van der Waals surface area contributed by atoms with Crippen LogP contribution in [0, 0.1) is 11.6 Å². The monoisotopic (exact) mass is 227 g/mol. The Morgan fingerprint density at radius 1 is 1.33 bits per heavy atom. The number of aromatic nitrogens is 2. The maximum atomic E-state index is 13.4. The highest BCUT2D eigenvalue weighted by molar-refractivity contribution is 7.05. The summed E-state index contributed by atoms with van der Waals surface area (Å²) < 4.78 is 29.9. The van der Waals surface area contributed by atoms with E-state index in [0.29, 0.717) is 4.88 Å². The van der Waals surface area contributed by atoms with E-state index in [2.05, 4.69) is 9.59 Å². The molecule has 1 aromatic carbocycles. The summed E-state index contributed by atoms with van der Waals surface area (Å²) in [7, 11) is 0. The maximum Gasteiger partial charge on any atom is 0.163 e. The van der Waals surface area contributed by atoms with Gasteiger partial charge in [0, 0.05) is 5.56 Å². The van der Waals surface area contributed by atoms with E-state index in [1.165, 1.54) is 18.3 Å². The van der Waals surface area contributed by atoms with E-state index in [4.69, 9.17) is 5.73 Å². The average Bonchev–Trinajstić information content (AvgIpc) is 2.74. The van der Waals surface area contributed by atoms with Gasteiger partial charge < -0.3 is 5.73 Å². The Balaban J connectivity index is 2.42. The average molecular weight is 227 g/mol. The molecule has 0 amide bonds. The van der Waals surface area contributed by atoms with Crippen LogP contribution in [0.5, 0.6) is 0 Å². The minimum Gasteiger partial charge on any atom is -0.319 e. The van der Waals surface area contributed by atoms with Gasteiger partial charge in [-0.15, -0.1) is 5.10 Å². The molecule has 0 spiro atoms. The van der Waals surface area contributed by atoms with Crippen molar-refractivity contribution in [1.29, 1.82) is 0 Å². The SMILES string of the molecule is NC(c1cnns1)c1cccc(F)c1F. The van der Waals surface area contributed by atoms with E-state index < -0.39 is 17.7 Å². The van der Waals surface area contributed by atoms with Gasteiger partial charge in [-0.1, -0.05) is 16.6 Å². The van der Waals surface area contributed by atoms with Gasteiger partial charge >= 0.3 is 0 Å². The molecule has 0 aliphatic rings. The van der Waals surface area contributed by atoms with Gasteiger partial charge in [0.1, 0.15) is 0 Å². The molecule has 3 nitrogen and oxygen atoms in total. The molecule has 1 aromatic heterocycles. The lowest BCUT2D eigenvalue weighted by atomic mass is 10.1. The minimum absolute atomic E-state index is 0.112. The normalized spacial score (nSPS) is 12.7. The first-order valence-electron chi connectivity index (χ1n) is 4.17. The predicted molar refractivity (Wildman–Crippen MR) is 52.3 cm³/mol. The molecule has 0 saturated heterocycles. The van der Waals surface area contributed by atoms with Gasteiger partial charge in [-0.3, -0.25) is 0 Å². The van der Waals surface area contributed by atoms with Crippen LogP contribution in [0.1, 0.15) is 16.5 Å². The third-order valence-corrected chi connectivity index (χ3v) is 2.75. The lowest BCUT2D eigenvalue weighted by Gasteiger charge is -2.09. The van der Waals surface area contributed by atoms with Crippen LogP contribution in [0.2, 0.25) is 0 Å². The van der Waals surface area contributed by atoms with Crippen molar-refractivity contribution in [2.75, 3.05) is 0 Å². The summed E-state index contributed by atoms with van der Waals surface area (Å²) in [6.07, 6.45) is 1.44. The number of nitrogens with zero attached hydrogens (tertiary/aromatic N) is 2. The quantitative estimate of drug-likeness (QED) is 0.852. The van der Waals surface area contributed by atoms with Gasteiger partial charge in [-0.05, 0) is 17.6 Å². The van der Waals surface area contributed by atoms with Crippen molar-refractivity contribution in [2.45, 2.75) is 6.04 Å². The van der Waals surface area contributed by atoms with E-state index in [0.717, 1.165) is 17.6 Å². The van der Waals surface area contributed by atoms with Gasteiger partial charge in [0.05, 0.1) is 17.1 Å². The molecule has 78 valence electrons. The highest BCUT2D eigenvalue weighted by Gasteiger charge is 2.17. The van der Waals surface area contributed by atoms with Gasteiger partial charge in [0.25, 0.3) is 0 Å². The van der Waals surface area contributed by atoms with Crippen molar-refractivity contribution in [2.24, 2.45) is 5.73 Å². The number of nitrogens with two attached hydrogens (primary N) is 1. The van der Waals surface area contributed by atoms with E-state index in [9.17, 15) is 8.78 Å². The Bertz CT molecular complexity index is 458. The summed E-state index contributed by atoms with van der Waals surface area (Å²) in [5.41, 5.74) is 5.87. The zero-order chi connectivity index (χ0) is 10.8. The van der Waals surface area contributed by atoms with Crippen molar-refractivity contribution in [3.05, 3.63) is 46.5 Å². The first-order valence-corrected chi connectivity index (χ1v) is 4.94. The summed E-state index contributed by atoms with van der Waals surface area (Å²) in [6.45, 7) is 0. The number of rotatable bonds is 2. The molecule has 0 aliphatic carbocycles. The molecule has 2 N–H and O–H groups in total. The largest absolute Gasteiger partial charge is 0.319 e. The fraction of sp³-hybridized carbons (Fsp3) is 0.111. The second-order valence-electron chi connectivity index (χ2n) is 2.94.